The van der Waals surface area contributed by atoms with Crippen LogP contribution in [0.1, 0.15) is 11.1 Å². The van der Waals surface area contributed by atoms with Crippen molar-refractivity contribution in [1.82, 2.24) is 0 Å². The molecule has 0 aliphatic heterocycles. The number of amides is 2. The summed E-state index contributed by atoms with van der Waals surface area (Å²) in [5, 5.41) is 5.31. The molecule has 2 amide bonds. The zero-order valence-electron chi connectivity index (χ0n) is 14.0. The Hall–Kier alpha value is -3.60. The Morgan fingerprint density at radius 1 is 0.808 bits per heavy atom. The zero-order valence-corrected chi connectivity index (χ0v) is 14.0. The van der Waals surface area contributed by atoms with Crippen LogP contribution in [0.15, 0.2) is 78.9 Å². The topological polar surface area (TPSA) is 67.4 Å². The fraction of sp³-hybridized carbons (Fsp3) is 0.0476. The van der Waals surface area contributed by atoms with E-state index < -0.39 is 6.09 Å². The van der Waals surface area contributed by atoms with Crippen molar-refractivity contribution in [2.45, 2.75) is 6.42 Å². The smallest absolute Gasteiger partial charge is 0.410 e. The number of ether oxygens (including phenoxy) is 1. The maximum Gasteiger partial charge on any atom is 0.417 e. The molecule has 3 aromatic carbocycles. The first-order valence-electron chi connectivity index (χ1n) is 8.15. The van der Waals surface area contributed by atoms with Crippen LogP contribution in [0.3, 0.4) is 0 Å². The minimum Gasteiger partial charge on any atom is -0.410 e. The average Bonchev–Trinajstić information content (AvgIpc) is 2.66. The lowest BCUT2D eigenvalue weighted by Crippen LogP contribution is -2.16. The quantitative estimate of drug-likeness (QED) is 0.648. The molecule has 3 rings (SSSR count). The van der Waals surface area contributed by atoms with Crippen molar-refractivity contribution >= 4 is 23.9 Å². The van der Waals surface area contributed by atoms with Crippen molar-refractivity contribution in [2.24, 2.45) is 0 Å². The van der Waals surface area contributed by atoms with Gasteiger partial charge in [-0.2, -0.15) is 0 Å². The summed E-state index contributed by atoms with van der Waals surface area (Å²) in [5.41, 5.74) is 3.68. The van der Waals surface area contributed by atoms with Gasteiger partial charge in [0.2, 0.25) is 6.41 Å². The number of hydrogen-bond donors (Lipinski definition) is 2. The third kappa shape index (κ3) is 4.95. The lowest BCUT2D eigenvalue weighted by Gasteiger charge is -2.08. The van der Waals surface area contributed by atoms with Crippen LogP contribution in [0.5, 0.6) is 5.75 Å². The molecule has 0 atom stereocenters. The number of para-hydroxylation sites is 1. The Balaban J connectivity index is 1.56. The van der Waals surface area contributed by atoms with E-state index in [4.69, 9.17) is 4.74 Å². The minimum absolute atomic E-state index is 0.495. The lowest BCUT2D eigenvalue weighted by atomic mass is 10.0. The average molecular weight is 346 g/mol. The third-order valence-electron chi connectivity index (χ3n) is 3.74. The molecule has 0 radical (unpaired) electrons. The maximum absolute atomic E-state index is 11.9. The molecule has 0 spiro atoms. The van der Waals surface area contributed by atoms with Gasteiger partial charge in [-0.1, -0.05) is 42.5 Å². The summed E-state index contributed by atoms with van der Waals surface area (Å²) < 4.78 is 5.19. The van der Waals surface area contributed by atoms with E-state index >= 15 is 0 Å². The van der Waals surface area contributed by atoms with E-state index in [-0.39, 0.29) is 0 Å². The van der Waals surface area contributed by atoms with Crippen molar-refractivity contribution in [2.75, 3.05) is 10.6 Å². The van der Waals surface area contributed by atoms with Crippen LogP contribution < -0.4 is 15.4 Å². The first-order valence-corrected chi connectivity index (χ1v) is 8.15. The second-order valence-electron chi connectivity index (χ2n) is 5.66. The molecule has 0 saturated carbocycles. The molecule has 0 aliphatic carbocycles. The molecule has 0 heterocycles. The lowest BCUT2D eigenvalue weighted by molar-refractivity contribution is -0.105. The zero-order chi connectivity index (χ0) is 18.2. The highest BCUT2D eigenvalue weighted by Crippen LogP contribution is 2.16. The number of rotatable bonds is 6. The van der Waals surface area contributed by atoms with Crippen LogP contribution in [-0.4, -0.2) is 12.5 Å². The van der Waals surface area contributed by atoms with Gasteiger partial charge in [-0.3, -0.25) is 10.1 Å². The largest absolute Gasteiger partial charge is 0.417 e. The molecule has 26 heavy (non-hydrogen) atoms. The third-order valence-corrected chi connectivity index (χ3v) is 3.74. The number of carbonyl (C=O) groups is 2. The molecule has 0 aliphatic rings. The summed E-state index contributed by atoms with van der Waals surface area (Å²) in [7, 11) is 0. The van der Waals surface area contributed by atoms with Gasteiger partial charge in [-0.05, 0) is 53.9 Å². The highest BCUT2D eigenvalue weighted by molar-refractivity contribution is 5.86. The van der Waals surface area contributed by atoms with E-state index in [1.165, 1.54) is 0 Å². The van der Waals surface area contributed by atoms with E-state index in [0.29, 0.717) is 17.8 Å². The molecule has 0 saturated heterocycles. The van der Waals surface area contributed by atoms with Crippen molar-refractivity contribution in [3.8, 4) is 5.75 Å². The van der Waals surface area contributed by atoms with Gasteiger partial charge in [0.25, 0.3) is 0 Å². The summed E-state index contributed by atoms with van der Waals surface area (Å²) in [6, 6.07) is 24.1. The summed E-state index contributed by atoms with van der Waals surface area (Å²) in [6.45, 7) is 0. The second-order valence-corrected chi connectivity index (χ2v) is 5.66. The fourth-order valence-corrected chi connectivity index (χ4v) is 2.47. The maximum atomic E-state index is 11.9. The molecule has 0 fully saturated rings. The number of hydrogen-bond acceptors (Lipinski definition) is 3. The molecular weight excluding hydrogens is 328 g/mol. The van der Waals surface area contributed by atoms with E-state index in [2.05, 4.69) is 10.6 Å². The Morgan fingerprint density at radius 3 is 1.96 bits per heavy atom. The van der Waals surface area contributed by atoms with Gasteiger partial charge in [-0.15, -0.1) is 0 Å². The monoisotopic (exact) mass is 346 g/mol. The van der Waals surface area contributed by atoms with E-state index in [9.17, 15) is 9.59 Å². The molecule has 5 heteroatoms. The van der Waals surface area contributed by atoms with Crippen LogP contribution in [0, 0.1) is 0 Å². The Labute approximate surface area is 151 Å². The Kier molecular flexibility index (Phi) is 5.62. The van der Waals surface area contributed by atoms with E-state index in [1.54, 1.807) is 24.3 Å². The Morgan fingerprint density at radius 2 is 1.38 bits per heavy atom. The fourth-order valence-electron chi connectivity index (χ4n) is 2.47. The first-order chi connectivity index (χ1) is 12.7. The summed E-state index contributed by atoms with van der Waals surface area (Å²) in [5.74, 6) is 0.495. The SMILES string of the molecule is O=CNc1ccc(Cc2ccc(NC(=O)Oc3ccccc3)cc2)cc1. The van der Waals surface area contributed by atoms with Crippen molar-refractivity contribution in [3.63, 3.8) is 0 Å². The molecule has 2 N–H and O–H groups in total. The van der Waals surface area contributed by atoms with Crippen LogP contribution in [0.25, 0.3) is 0 Å². The van der Waals surface area contributed by atoms with Crippen LogP contribution in [-0.2, 0) is 11.2 Å². The standard InChI is InChI=1S/C21H18N2O3/c24-15-22-18-10-6-16(7-11-18)14-17-8-12-19(13-9-17)23-21(25)26-20-4-2-1-3-5-20/h1-13,15H,14H2,(H,22,24)(H,23,25). The molecule has 0 aromatic heterocycles. The highest BCUT2D eigenvalue weighted by atomic mass is 16.6. The van der Waals surface area contributed by atoms with Gasteiger partial charge >= 0.3 is 6.09 Å². The first kappa shape index (κ1) is 17.2. The van der Waals surface area contributed by atoms with Gasteiger partial charge in [0.1, 0.15) is 5.75 Å². The van der Waals surface area contributed by atoms with Crippen LogP contribution in [0.2, 0.25) is 0 Å². The van der Waals surface area contributed by atoms with Crippen LogP contribution in [0.4, 0.5) is 16.2 Å². The summed E-state index contributed by atoms with van der Waals surface area (Å²) in [6.07, 6.45) is 0.891. The molecule has 130 valence electrons. The van der Waals surface area contributed by atoms with Gasteiger partial charge in [0.15, 0.2) is 0 Å². The number of nitrogens with one attached hydrogen (secondary N) is 2. The van der Waals surface area contributed by atoms with Crippen LogP contribution >= 0.6 is 0 Å². The van der Waals surface area contributed by atoms with Crippen molar-refractivity contribution in [3.05, 3.63) is 90.0 Å². The second kappa shape index (κ2) is 8.48. The molecule has 5 nitrogen and oxygen atoms in total. The van der Waals surface area contributed by atoms with Crippen molar-refractivity contribution in [1.29, 1.82) is 0 Å². The normalized spacial score (nSPS) is 10.0. The summed E-state index contributed by atoms with van der Waals surface area (Å²) in [4.78, 5) is 22.3. The number of carbonyl (C=O) groups excluding carboxylic acids is 2. The predicted molar refractivity (Wildman–Crippen MR) is 101 cm³/mol. The Bertz CT molecular complexity index is 860. The van der Waals surface area contributed by atoms with E-state index in [0.717, 1.165) is 23.2 Å². The summed E-state index contributed by atoms with van der Waals surface area (Å²) >= 11 is 0. The molecule has 0 unspecified atom stereocenters. The number of anilines is 2. The molecule has 3 aromatic rings. The van der Waals surface area contributed by atoms with Crippen molar-refractivity contribution < 1.29 is 14.3 Å². The van der Waals surface area contributed by atoms with Gasteiger partial charge in [-0.25, -0.2) is 4.79 Å². The molecule has 0 bridgehead atoms. The predicted octanol–water partition coefficient (Wildman–Crippen LogP) is 4.46. The van der Waals surface area contributed by atoms with E-state index in [1.807, 2.05) is 54.6 Å². The van der Waals surface area contributed by atoms with Gasteiger partial charge < -0.3 is 10.1 Å². The van der Waals surface area contributed by atoms with Gasteiger partial charge in [0, 0.05) is 11.4 Å². The molecular formula is C21H18N2O3. The number of benzene rings is 3. The van der Waals surface area contributed by atoms with Gasteiger partial charge in [0.05, 0.1) is 0 Å². The minimum atomic E-state index is -0.526. The highest BCUT2D eigenvalue weighted by Gasteiger charge is 2.05.